The second-order valence-electron chi connectivity index (χ2n) is 2.54. The maximum atomic E-state index is 3.37. The maximum Gasteiger partial charge on any atom is 0.0107 e. The fourth-order valence-electron chi connectivity index (χ4n) is 1.22. The molecule has 1 aliphatic rings. The van der Waals surface area contributed by atoms with Crippen LogP contribution >= 0.6 is 24.8 Å². The summed E-state index contributed by atoms with van der Waals surface area (Å²) < 4.78 is 0. The molecular weight excluding hydrogens is 183 g/mol. The summed E-state index contributed by atoms with van der Waals surface area (Å²) in [4.78, 5) is 2.49. The first-order valence-corrected chi connectivity index (χ1v) is 3.86. The van der Waals surface area contributed by atoms with E-state index >= 15 is 0 Å². The molecule has 0 bridgehead atoms. The minimum absolute atomic E-state index is 0. The number of rotatable bonds is 1. The van der Waals surface area contributed by atoms with E-state index in [0.717, 1.165) is 0 Å². The van der Waals surface area contributed by atoms with E-state index in [1.54, 1.807) is 0 Å². The monoisotopic (exact) mass is 200 g/mol. The van der Waals surface area contributed by atoms with E-state index in [9.17, 15) is 0 Å². The molecule has 0 saturated carbocycles. The second kappa shape index (κ2) is 8.60. The first-order chi connectivity index (χ1) is 4.43. The Kier molecular flexibility index (Phi) is 11.0. The molecule has 1 saturated heterocycles. The van der Waals surface area contributed by atoms with Gasteiger partial charge in [0.25, 0.3) is 0 Å². The lowest BCUT2D eigenvalue weighted by atomic mass is 10.4. The highest BCUT2D eigenvalue weighted by Crippen LogP contribution is 1.92. The van der Waals surface area contributed by atoms with E-state index in [0.29, 0.717) is 0 Å². The van der Waals surface area contributed by atoms with Crippen LogP contribution in [0.5, 0.6) is 0 Å². The van der Waals surface area contributed by atoms with Gasteiger partial charge in [0.15, 0.2) is 0 Å². The van der Waals surface area contributed by atoms with Crippen LogP contribution in [0.2, 0.25) is 0 Å². The van der Waals surface area contributed by atoms with Crippen LogP contribution in [0, 0.1) is 0 Å². The Morgan fingerprint density at radius 3 is 2.55 bits per heavy atom. The quantitative estimate of drug-likeness (QED) is 0.684. The van der Waals surface area contributed by atoms with Crippen molar-refractivity contribution >= 4 is 24.8 Å². The summed E-state index contributed by atoms with van der Waals surface area (Å²) in [7, 11) is 0. The number of halogens is 2. The summed E-state index contributed by atoms with van der Waals surface area (Å²) in [6, 6.07) is 0. The topological polar surface area (TPSA) is 15.3 Å². The van der Waals surface area contributed by atoms with Gasteiger partial charge in [0, 0.05) is 13.1 Å². The molecule has 0 atom stereocenters. The van der Waals surface area contributed by atoms with Crippen molar-refractivity contribution in [2.75, 3.05) is 32.7 Å². The molecule has 1 rings (SSSR count). The van der Waals surface area contributed by atoms with Crippen molar-refractivity contribution in [2.45, 2.75) is 13.3 Å². The number of hydrogen-bond donors (Lipinski definition) is 1. The van der Waals surface area contributed by atoms with Crippen LogP contribution in [-0.2, 0) is 0 Å². The molecule has 1 fully saturated rings. The maximum absolute atomic E-state index is 3.37. The van der Waals surface area contributed by atoms with Gasteiger partial charge in [-0.05, 0) is 26.1 Å². The lowest BCUT2D eigenvalue weighted by Gasteiger charge is -2.15. The van der Waals surface area contributed by atoms with E-state index in [2.05, 4.69) is 17.1 Å². The number of nitrogens with one attached hydrogen (secondary N) is 1. The van der Waals surface area contributed by atoms with Crippen LogP contribution in [0.15, 0.2) is 0 Å². The molecule has 1 N–H and O–H groups in total. The summed E-state index contributed by atoms with van der Waals surface area (Å²) in [5.41, 5.74) is 0. The van der Waals surface area contributed by atoms with Gasteiger partial charge in [0.05, 0.1) is 0 Å². The van der Waals surface area contributed by atoms with Gasteiger partial charge < -0.3 is 10.2 Å². The molecule has 0 aromatic carbocycles. The molecular formula is C7H18Cl2N2. The van der Waals surface area contributed by atoms with Crippen molar-refractivity contribution in [3.8, 4) is 0 Å². The zero-order valence-electron chi connectivity index (χ0n) is 7.01. The van der Waals surface area contributed by atoms with E-state index in [-0.39, 0.29) is 24.8 Å². The van der Waals surface area contributed by atoms with Crippen LogP contribution < -0.4 is 5.32 Å². The largest absolute Gasteiger partial charge is 0.315 e. The zero-order chi connectivity index (χ0) is 6.53. The van der Waals surface area contributed by atoms with Crippen molar-refractivity contribution in [1.82, 2.24) is 10.2 Å². The first-order valence-electron chi connectivity index (χ1n) is 3.86. The Bertz CT molecular complexity index is 72.8. The molecule has 0 spiro atoms. The van der Waals surface area contributed by atoms with E-state index in [1.807, 2.05) is 0 Å². The standard InChI is InChI=1S/C7H16N2.2ClH/c1-2-9-6-3-4-8-5-7-9;;/h8H,2-7H2,1H3;2*1H. The number of likely N-dealkylation sites (N-methyl/N-ethyl adjacent to an activating group) is 1. The van der Waals surface area contributed by atoms with E-state index in [1.165, 1.54) is 39.1 Å². The van der Waals surface area contributed by atoms with Crippen molar-refractivity contribution in [3.05, 3.63) is 0 Å². The summed E-state index contributed by atoms with van der Waals surface area (Å²) in [6.07, 6.45) is 1.31. The van der Waals surface area contributed by atoms with E-state index < -0.39 is 0 Å². The molecule has 0 aliphatic carbocycles. The van der Waals surface area contributed by atoms with Gasteiger partial charge >= 0.3 is 0 Å². The zero-order valence-corrected chi connectivity index (χ0v) is 8.64. The fraction of sp³-hybridized carbons (Fsp3) is 1.00. The van der Waals surface area contributed by atoms with Crippen molar-refractivity contribution in [1.29, 1.82) is 0 Å². The fourth-order valence-corrected chi connectivity index (χ4v) is 1.22. The third-order valence-electron chi connectivity index (χ3n) is 1.88. The number of nitrogens with zero attached hydrogens (tertiary/aromatic N) is 1. The Morgan fingerprint density at radius 1 is 1.18 bits per heavy atom. The smallest absolute Gasteiger partial charge is 0.0107 e. The molecule has 1 heterocycles. The molecule has 4 heteroatoms. The SMILES string of the molecule is CCN1CCCNCC1.Cl.Cl. The highest BCUT2D eigenvalue weighted by Gasteiger charge is 2.03. The predicted octanol–water partition coefficient (Wildman–Crippen LogP) is 1.15. The lowest BCUT2D eigenvalue weighted by Crippen LogP contribution is -2.27. The average Bonchev–Trinajstić information content (AvgIpc) is 2.13. The predicted molar refractivity (Wildman–Crippen MR) is 54.1 cm³/mol. The molecule has 11 heavy (non-hydrogen) atoms. The highest BCUT2D eigenvalue weighted by molar-refractivity contribution is 5.85. The Labute approximate surface area is 81.5 Å². The van der Waals surface area contributed by atoms with Crippen LogP contribution in [0.1, 0.15) is 13.3 Å². The minimum Gasteiger partial charge on any atom is -0.315 e. The van der Waals surface area contributed by atoms with Gasteiger partial charge in [-0.3, -0.25) is 0 Å². The Balaban J connectivity index is 0. The van der Waals surface area contributed by atoms with Gasteiger partial charge in [-0.1, -0.05) is 6.92 Å². The van der Waals surface area contributed by atoms with Crippen LogP contribution in [0.25, 0.3) is 0 Å². The molecule has 0 unspecified atom stereocenters. The molecule has 1 aliphatic heterocycles. The summed E-state index contributed by atoms with van der Waals surface area (Å²) >= 11 is 0. The summed E-state index contributed by atoms with van der Waals surface area (Å²) in [5.74, 6) is 0. The van der Waals surface area contributed by atoms with Crippen LogP contribution in [0.4, 0.5) is 0 Å². The summed E-state index contributed by atoms with van der Waals surface area (Å²) in [5, 5.41) is 3.37. The number of hydrogen-bond acceptors (Lipinski definition) is 2. The first kappa shape index (κ1) is 14.0. The molecule has 0 amide bonds. The third kappa shape index (κ3) is 5.74. The van der Waals surface area contributed by atoms with Crippen molar-refractivity contribution in [3.63, 3.8) is 0 Å². The van der Waals surface area contributed by atoms with Gasteiger partial charge in [-0.2, -0.15) is 0 Å². The van der Waals surface area contributed by atoms with Gasteiger partial charge in [0.2, 0.25) is 0 Å². The second-order valence-corrected chi connectivity index (χ2v) is 2.54. The van der Waals surface area contributed by atoms with Gasteiger partial charge in [-0.15, -0.1) is 24.8 Å². The van der Waals surface area contributed by atoms with Crippen LogP contribution in [-0.4, -0.2) is 37.6 Å². The van der Waals surface area contributed by atoms with Crippen molar-refractivity contribution in [2.24, 2.45) is 0 Å². The molecule has 0 aromatic rings. The molecule has 0 radical (unpaired) electrons. The molecule has 2 nitrogen and oxygen atoms in total. The third-order valence-corrected chi connectivity index (χ3v) is 1.88. The average molecular weight is 201 g/mol. The highest BCUT2D eigenvalue weighted by atomic mass is 35.5. The normalized spacial score (nSPS) is 19.4. The summed E-state index contributed by atoms with van der Waals surface area (Å²) in [6.45, 7) is 8.33. The van der Waals surface area contributed by atoms with E-state index in [4.69, 9.17) is 0 Å². The molecule has 0 aromatic heterocycles. The van der Waals surface area contributed by atoms with Gasteiger partial charge in [0.1, 0.15) is 0 Å². The Hall–Kier alpha value is 0.500. The van der Waals surface area contributed by atoms with Crippen molar-refractivity contribution < 1.29 is 0 Å². The minimum atomic E-state index is 0. The lowest BCUT2D eigenvalue weighted by molar-refractivity contribution is 0.309. The Morgan fingerprint density at radius 2 is 1.91 bits per heavy atom. The molecule has 70 valence electrons. The van der Waals surface area contributed by atoms with Gasteiger partial charge in [-0.25, -0.2) is 0 Å². The van der Waals surface area contributed by atoms with Crippen LogP contribution in [0.3, 0.4) is 0 Å².